The monoisotopic (exact) mass is 409 g/mol. The van der Waals surface area contributed by atoms with E-state index in [1.54, 1.807) is 36.3 Å². The van der Waals surface area contributed by atoms with Gasteiger partial charge in [-0.15, -0.1) is 0 Å². The Morgan fingerprint density at radius 3 is 2.21 bits per heavy atom. The maximum absolute atomic E-state index is 12.8. The second-order valence-corrected chi connectivity index (χ2v) is 8.30. The molecular formula is C22H23N3O3S. The fourth-order valence-electron chi connectivity index (χ4n) is 3.06. The molecule has 29 heavy (non-hydrogen) atoms. The summed E-state index contributed by atoms with van der Waals surface area (Å²) in [6.45, 7) is 0.0180. The summed E-state index contributed by atoms with van der Waals surface area (Å²) >= 11 is 0. The van der Waals surface area contributed by atoms with Crippen LogP contribution in [0.25, 0.3) is 0 Å². The number of pyridine rings is 1. The molecule has 0 spiro atoms. The average molecular weight is 410 g/mol. The molecule has 7 heteroatoms. The SMILES string of the molecule is CN(C(=O)CCNS(=O)(=O)c1ccccc1)C(c1ccccc1)c1ccccn1. The van der Waals surface area contributed by atoms with Crippen LogP contribution in [0, 0.1) is 0 Å². The van der Waals surface area contributed by atoms with Crippen molar-refractivity contribution < 1.29 is 13.2 Å². The normalized spacial score (nSPS) is 12.3. The molecule has 0 fully saturated rings. The minimum absolute atomic E-state index is 0.0180. The minimum atomic E-state index is -3.64. The summed E-state index contributed by atoms with van der Waals surface area (Å²) in [6, 6.07) is 23.0. The van der Waals surface area contributed by atoms with E-state index in [0.29, 0.717) is 0 Å². The first-order valence-electron chi connectivity index (χ1n) is 9.25. The summed E-state index contributed by atoms with van der Waals surface area (Å²) < 4.78 is 27.1. The highest BCUT2D eigenvalue weighted by atomic mass is 32.2. The number of hydrogen-bond acceptors (Lipinski definition) is 4. The van der Waals surface area contributed by atoms with E-state index in [1.807, 2.05) is 48.5 Å². The van der Waals surface area contributed by atoms with Crippen molar-refractivity contribution in [2.24, 2.45) is 0 Å². The lowest BCUT2D eigenvalue weighted by molar-refractivity contribution is -0.131. The molecular weight excluding hydrogens is 386 g/mol. The first kappa shape index (κ1) is 20.7. The summed E-state index contributed by atoms with van der Waals surface area (Å²) in [6.07, 6.45) is 1.73. The van der Waals surface area contributed by atoms with Crippen molar-refractivity contribution in [1.82, 2.24) is 14.6 Å². The van der Waals surface area contributed by atoms with Crippen molar-refractivity contribution in [3.8, 4) is 0 Å². The summed E-state index contributed by atoms with van der Waals surface area (Å²) in [5.41, 5.74) is 1.69. The van der Waals surface area contributed by atoms with Crippen LogP contribution in [0.15, 0.2) is 90.0 Å². The van der Waals surface area contributed by atoms with Crippen LogP contribution in [0.2, 0.25) is 0 Å². The van der Waals surface area contributed by atoms with Gasteiger partial charge in [0.15, 0.2) is 0 Å². The van der Waals surface area contributed by atoms with Gasteiger partial charge in [0.1, 0.15) is 0 Å². The highest BCUT2D eigenvalue weighted by Crippen LogP contribution is 2.26. The van der Waals surface area contributed by atoms with Gasteiger partial charge in [-0.25, -0.2) is 13.1 Å². The van der Waals surface area contributed by atoms with Crippen molar-refractivity contribution in [2.75, 3.05) is 13.6 Å². The third-order valence-corrected chi connectivity index (χ3v) is 6.03. The molecule has 1 atom stereocenters. The number of carbonyl (C=O) groups excluding carboxylic acids is 1. The number of benzene rings is 2. The van der Waals surface area contributed by atoms with Crippen LogP contribution in [0.1, 0.15) is 23.7 Å². The zero-order valence-corrected chi connectivity index (χ0v) is 16.9. The van der Waals surface area contributed by atoms with Crippen LogP contribution in [-0.2, 0) is 14.8 Å². The maximum atomic E-state index is 12.8. The standard InChI is InChI=1S/C22H23N3O3S/c1-25(21(26)15-17-24-29(27,28)19-12-6-3-7-13-19)22(18-10-4-2-5-11-18)20-14-8-9-16-23-20/h2-14,16,22,24H,15,17H2,1H3. The van der Waals surface area contributed by atoms with Gasteiger partial charge in [-0.3, -0.25) is 9.78 Å². The summed E-state index contributed by atoms with van der Waals surface area (Å²) in [7, 11) is -1.93. The molecule has 150 valence electrons. The van der Waals surface area contributed by atoms with Gasteiger partial charge in [-0.05, 0) is 29.8 Å². The van der Waals surface area contributed by atoms with E-state index in [0.717, 1.165) is 11.3 Å². The lowest BCUT2D eigenvalue weighted by atomic mass is 10.0. The Labute approximate surface area is 171 Å². The predicted molar refractivity (Wildman–Crippen MR) is 112 cm³/mol. The van der Waals surface area contributed by atoms with E-state index >= 15 is 0 Å². The van der Waals surface area contributed by atoms with Crippen LogP contribution < -0.4 is 4.72 Å². The van der Waals surface area contributed by atoms with Crippen LogP contribution in [0.4, 0.5) is 0 Å². The van der Waals surface area contributed by atoms with E-state index in [4.69, 9.17) is 0 Å². The van der Waals surface area contributed by atoms with Crippen molar-refractivity contribution in [3.05, 3.63) is 96.3 Å². The molecule has 0 aliphatic carbocycles. The third-order valence-electron chi connectivity index (χ3n) is 4.55. The topological polar surface area (TPSA) is 79.4 Å². The van der Waals surface area contributed by atoms with Crippen molar-refractivity contribution in [3.63, 3.8) is 0 Å². The number of carbonyl (C=O) groups is 1. The highest BCUT2D eigenvalue weighted by molar-refractivity contribution is 7.89. The van der Waals surface area contributed by atoms with E-state index in [1.165, 1.54) is 12.1 Å². The molecule has 1 heterocycles. The average Bonchev–Trinajstić information content (AvgIpc) is 2.76. The Bertz CT molecular complexity index is 987. The molecule has 1 amide bonds. The molecule has 0 saturated carbocycles. The number of nitrogens with zero attached hydrogens (tertiary/aromatic N) is 2. The van der Waals surface area contributed by atoms with Gasteiger partial charge in [0.25, 0.3) is 0 Å². The van der Waals surface area contributed by atoms with Gasteiger partial charge in [0.05, 0.1) is 16.6 Å². The molecule has 1 N–H and O–H groups in total. The molecule has 0 radical (unpaired) electrons. The third kappa shape index (κ3) is 5.28. The zero-order valence-electron chi connectivity index (χ0n) is 16.1. The quantitative estimate of drug-likeness (QED) is 0.620. The molecule has 6 nitrogen and oxygen atoms in total. The lowest BCUT2D eigenvalue weighted by Crippen LogP contribution is -2.35. The molecule has 0 aliphatic heterocycles. The van der Waals surface area contributed by atoms with E-state index < -0.39 is 10.0 Å². The minimum Gasteiger partial charge on any atom is -0.333 e. The Hall–Kier alpha value is -3.03. The number of rotatable bonds is 8. The Morgan fingerprint density at radius 2 is 1.59 bits per heavy atom. The Morgan fingerprint density at radius 1 is 0.966 bits per heavy atom. The maximum Gasteiger partial charge on any atom is 0.240 e. The van der Waals surface area contributed by atoms with Gasteiger partial charge in [0.2, 0.25) is 15.9 Å². The van der Waals surface area contributed by atoms with E-state index in [2.05, 4.69) is 9.71 Å². The molecule has 2 aromatic carbocycles. The van der Waals surface area contributed by atoms with E-state index in [-0.39, 0.29) is 29.8 Å². The van der Waals surface area contributed by atoms with Gasteiger partial charge >= 0.3 is 0 Å². The van der Waals surface area contributed by atoms with Crippen LogP contribution >= 0.6 is 0 Å². The van der Waals surface area contributed by atoms with Gasteiger partial charge in [0, 0.05) is 26.2 Å². The molecule has 3 aromatic rings. The second-order valence-electron chi connectivity index (χ2n) is 6.53. The van der Waals surface area contributed by atoms with Crippen molar-refractivity contribution in [2.45, 2.75) is 17.4 Å². The fraction of sp³-hybridized carbons (Fsp3) is 0.182. The smallest absolute Gasteiger partial charge is 0.240 e. The molecule has 1 aromatic heterocycles. The van der Waals surface area contributed by atoms with Crippen molar-refractivity contribution >= 4 is 15.9 Å². The largest absolute Gasteiger partial charge is 0.333 e. The van der Waals surface area contributed by atoms with E-state index in [9.17, 15) is 13.2 Å². The number of nitrogens with one attached hydrogen (secondary N) is 1. The number of amides is 1. The predicted octanol–water partition coefficient (Wildman–Crippen LogP) is 3.00. The molecule has 0 saturated heterocycles. The molecule has 3 rings (SSSR count). The highest BCUT2D eigenvalue weighted by Gasteiger charge is 2.24. The first-order chi connectivity index (χ1) is 14.0. The molecule has 1 unspecified atom stereocenters. The summed E-state index contributed by atoms with van der Waals surface area (Å²) in [4.78, 5) is 19.0. The van der Waals surface area contributed by atoms with Crippen LogP contribution in [0.3, 0.4) is 0 Å². The lowest BCUT2D eigenvalue weighted by Gasteiger charge is -2.28. The number of hydrogen-bond donors (Lipinski definition) is 1. The van der Waals surface area contributed by atoms with Crippen LogP contribution in [0.5, 0.6) is 0 Å². The molecule has 0 bridgehead atoms. The van der Waals surface area contributed by atoms with Crippen LogP contribution in [-0.4, -0.2) is 37.8 Å². The molecule has 0 aliphatic rings. The zero-order chi connectivity index (χ0) is 20.7. The number of sulfonamides is 1. The first-order valence-corrected chi connectivity index (χ1v) is 10.7. The Balaban J connectivity index is 1.70. The number of aromatic nitrogens is 1. The Kier molecular flexibility index (Phi) is 6.74. The van der Waals surface area contributed by atoms with Gasteiger partial charge < -0.3 is 4.90 Å². The summed E-state index contributed by atoms with van der Waals surface area (Å²) in [5, 5.41) is 0. The second kappa shape index (κ2) is 9.45. The van der Waals surface area contributed by atoms with Gasteiger partial charge in [-0.2, -0.15) is 0 Å². The van der Waals surface area contributed by atoms with Gasteiger partial charge in [-0.1, -0.05) is 54.6 Å². The summed E-state index contributed by atoms with van der Waals surface area (Å²) in [5.74, 6) is -0.180. The van der Waals surface area contributed by atoms with Crippen molar-refractivity contribution in [1.29, 1.82) is 0 Å². The fourth-order valence-corrected chi connectivity index (χ4v) is 4.11.